The second kappa shape index (κ2) is 5.91. The van der Waals surface area contributed by atoms with Gasteiger partial charge in [-0.3, -0.25) is 0 Å². The van der Waals surface area contributed by atoms with Crippen LogP contribution in [0.25, 0.3) is 0 Å². The molecule has 0 bridgehead atoms. The van der Waals surface area contributed by atoms with Crippen LogP contribution in [0.1, 0.15) is 56.7 Å². The molecular formula is C16H24FNO. The lowest BCUT2D eigenvalue weighted by Gasteiger charge is -2.29. The van der Waals surface area contributed by atoms with Crippen LogP contribution in [0.3, 0.4) is 0 Å². The van der Waals surface area contributed by atoms with Crippen molar-refractivity contribution < 1.29 is 9.13 Å². The maximum absolute atomic E-state index is 13.6. The summed E-state index contributed by atoms with van der Waals surface area (Å²) in [6, 6.07) is 3.08. The Labute approximate surface area is 115 Å². The smallest absolute Gasteiger partial charge is 0.126 e. The number of ether oxygens (including phenoxy) is 1. The summed E-state index contributed by atoms with van der Waals surface area (Å²) in [5.41, 5.74) is 7.30. The zero-order chi connectivity index (χ0) is 14.0. The maximum Gasteiger partial charge on any atom is 0.126 e. The molecular weight excluding hydrogens is 241 g/mol. The highest BCUT2D eigenvalue weighted by atomic mass is 19.1. The van der Waals surface area contributed by atoms with Gasteiger partial charge >= 0.3 is 0 Å². The summed E-state index contributed by atoms with van der Waals surface area (Å²) in [6.45, 7) is 5.88. The van der Waals surface area contributed by atoms with E-state index < -0.39 is 0 Å². The van der Waals surface area contributed by atoms with Gasteiger partial charge in [0.25, 0.3) is 0 Å². The topological polar surface area (TPSA) is 35.2 Å². The molecule has 1 aliphatic rings. The third-order valence-corrected chi connectivity index (χ3v) is 3.96. The van der Waals surface area contributed by atoms with Gasteiger partial charge in [0.05, 0.1) is 6.10 Å². The van der Waals surface area contributed by atoms with Crippen LogP contribution in [0.15, 0.2) is 12.1 Å². The minimum Gasteiger partial charge on any atom is -0.490 e. The van der Waals surface area contributed by atoms with Crippen molar-refractivity contribution in [3.8, 4) is 5.75 Å². The Bertz CT molecular complexity index is 445. The molecule has 3 heteroatoms. The van der Waals surface area contributed by atoms with E-state index in [2.05, 4.69) is 6.92 Å². The summed E-state index contributed by atoms with van der Waals surface area (Å²) in [7, 11) is 0. The molecule has 19 heavy (non-hydrogen) atoms. The Hall–Kier alpha value is -1.09. The molecule has 3 atom stereocenters. The largest absolute Gasteiger partial charge is 0.490 e. The molecule has 2 unspecified atom stereocenters. The lowest BCUT2D eigenvalue weighted by Crippen LogP contribution is -2.25. The molecule has 1 saturated carbocycles. The first-order valence-corrected chi connectivity index (χ1v) is 7.19. The van der Waals surface area contributed by atoms with E-state index in [4.69, 9.17) is 10.5 Å². The van der Waals surface area contributed by atoms with Crippen molar-refractivity contribution in [1.82, 2.24) is 0 Å². The molecule has 1 aromatic carbocycles. The summed E-state index contributed by atoms with van der Waals surface area (Å²) in [5.74, 6) is 1.25. The predicted molar refractivity (Wildman–Crippen MR) is 75.8 cm³/mol. The van der Waals surface area contributed by atoms with Crippen LogP contribution in [0, 0.1) is 18.7 Å². The van der Waals surface area contributed by atoms with Crippen LogP contribution in [0.4, 0.5) is 4.39 Å². The minimum absolute atomic E-state index is 0.211. The highest BCUT2D eigenvalue weighted by Crippen LogP contribution is 2.32. The Morgan fingerprint density at radius 3 is 2.74 bits per heavy atom. The maximum atomic E-state index is 13.6. The Balaban J connectivity index is 2.20. The molecule has 2 N–H and O–H groups in total. The number of hydrogen-bond acceptors (Lipinski definition) is 2. The summed E-state index contributed by atoms with van der Waals surface area (Å²) in [4.78, 5) is 0. The third-order valence-electron chi connectivity index (χ3n) is 3.96. The van der Waals surface area contributed by atoms with Gasteiger partial charge in [-0.05, 0) is 56.7 Å². The average Bonchev–Trinajstić information content (AvgIpc) is 2.33. The van der Waals surface area contributed by atoms with Crippen LogP contribution in [0.5, 0.6) is 5.75 Å². The zero-order valence-corrected chi connectivity index (χ0v) is 12.1. The van der Waals surface area contributed by atoms with E-state index >= 15 is 0 Å². The standard InChI is InChI=1S/C16H24FNO/c1-10-5-4-6-13(7-10)19-16-8-11(2)15(17)9-14(16)12(3)18/h8-10,12-13H,4-7,18H2,1-3H3/t10?,12-,13?/m1/s1. The Kier molecular flexibility index (Phi) is 4.46. The molecule has 0 spiro atoms. The van der Waals surface area contributed by atoms with Crippen molar-refractivity contribution >= 4 is 0 Å². The molecule has 0 heterocycles. The Morgan fingerprint density at radius 2 is 2.11 bits per heavy atom. The number of aryl methyl sites for hydroxylation is 1. The highest BCUT2D eigenvalue weighted by molar-refractivity contribution is 5.40. The molecule has 1 aromatic rings. The van der Waals surface area contributed by atoms with E-state index in [0.717, 1.165) is 24.2 Å². The second-order valence-corrected chi connectivity index (χ2v) is 5.94. The molecule has 0 amide bonds. The van der Waals surface area contributed by atoms with Gasteiger partial charge in [-0.1, -0.05) is 13.3 Å². The van der Waals surface area contributed by atoms with E-state index in [1.165, 1.54) is 18.9 Å². The monoisotopic (exact) mass is 265 g/mol. The normalized spacial score (nSPS) is 25.1. The molecule has 0 saturated heterocycles. The van der Waals surface area contributed by atoms with Crippen LogP contribution >= 0.6 is 0 Å². The third kappa shape index (κ3) is 3.47. The first-order valence-electron chi connectivity index (χ1n) is 7.19. The summed E-state index contributed by atoms with van der Waals surface area (Å²) in [6.07, 6.45) is 4.89. The van der Waals surface area contributed by atoms with Crippen molar-refractivity contribution in [3.63, 3.8) is 0 Å². The van der Waals surface area contributed by atoms with Crippen LogP contribution in [-0.2, 0) is 0 Å². The number of benzene rings is 1. The fourth-order valence-corrected chi connectivity index (χ4v) is 2.79. The van der Waals surface area contributed by atoms with Crippen LogP contribution < -0.4 is 10.5 Å². The molecule has 2 rings (SSSR count). The highest BCUT2D eigenvalue weighted by Gasteiger charge is 2.22. The minimum atomic E-state index is -0.217. The van der Waals surface area contributed by atoms with Crippen molar-refractivity contribution in [2.45, 2.75) is 58.6 Å². The van der Waals surface area contributed by atoms with E-state index in [1.807, 2.05) is 6.92 Å². The Morgan fingerprint density at radius 1 is 1.37 bits per heavy atom. The molecule has 2 nitrogen and oxygen atoms in total. The van der Waals surface area contributed by atoms with Gasteiger partial charge < -0.3 is 10.5 Å². The fraction of sp³-hybridized carbons (Fsp3) is 0.625. The quantitative estimate of drug-likeness (QED) is 0.892. The molecule has 1 fully saturated rings. The van der Waals surface area contributed by atoms with E-state index in [0.29, 0.717) is 11.5 Å². The summed E-state index contributed by atoms with van der Waals surface area (Å²) >= 11 is 0. The molecule has 106 valence electrons. The van der Waals surface area contributed by atoms with Crippen molar-refractivity contribution in [2.24, 2.45) is 11.7 Å². The van der Waals surface area contributed by atoms with Crippen molar-refractivity contribution in [1.29, 1.82) is 0 Å². The lowest BCUT2D eigenvalue weighted by atomic mass is 9.88. The van der Waals surface area contributed by atoms with Gasteiger partial charge in [0.15, 0.2) is 0 Å². The number of halogens is 1. The summed E-state index contributed by atoms with van der Waals surface area (Å²) in [5, 5.41) is 0. The van der Waals surface area contributed by atoms with Gasteiger partial charge in [0.1, 0.15) is 11.6 Å². The van der Waals surface area contributed by atoms with E-state index in [-0.39, 0.29) is 18.0 Å². The van der Waals surface area contributed by atoms with Gasteiger partial charge in [-0.25, -0.2) is 4.39 Å². The number of rotatable bonds is 3. The van der Waals surface area contributed by atoms with Gasteiger partial charge in [0, 0.05) is 11.6 Å². The first kappa shape index (κ1) is 14.3. The van der Waals surface area contributed by atoms with E-state index in [1.54, 1.807) is 13.0 Å². The molecule has 1 aliphatic carbocycles. The SMILES string of the molecule is Cc1cc(OC2CCCC(C)C2)c([C@@H](C)N)cc1F. The van der Waals surface area contributed by atoms with Gasteiger partial charge in [-0.2, -0.15) is 0 Å². The fourth-order valence-electron chi connectivity index (χ4n) is 2.79. The van der Waals surface area contributed by atoms with Crippen molar-refractivity contribution in [2.75, 3.05) is 0 Å². The number of hydrogen-bond donors (Lipinski definition) is 1. The van der Waals surface area contributed by atoms with Crippen molar-refractivity contribution in [3.05, 3.63) is 29.1 Å². The lowest BCUT2D eigenvalue weighted by molar-refractivity contribution is 0.127. The predicted octanol–water partition coefficient (Wildman–Crippen LogP) is 4.11. The van der Waals surface area contributed by atoms with Crippen LogP contribution in [-0.4, -0.2) is 6.10 Å². The van der Waals surface area contributed by atoms with E-state index in [9.17, 15) is 4.39 Å². The second-order valence-electron chi connectivity index (χ2n) is 5.94. The molecule has 0 aliphatic heterocycles. The molecule has 0 aromatic heterocycles. The van der Waals surface area contributed by atoms with Crippen LogP contribution in [0.2, 0.25) is 0 Å². The van der Waals surface area contributed by atoms with Gasteiger partial charge in [-0.15, -0.1) is 0 Å². The zero-order valence-electron chi connectivity index (χ0n) is 12.1. The first-order chi connectivity index (χ1) is 8.97. The molecule has 0 radical (unpaired) electrons. The van der Waals surface area contributed by atoms with Gasteiger partial charge in [0.2, 0.25) is 0 Å². The summed E-state index contributed by atoms with van der Waals surface area (Å²) < 4.78 is 19.8. The number of nitrogens with two attached hydrogens (primary N) is 1. The average molecular weight is 265 g/mol.